The summed E-state index contributed by atoms with van der Waals surface area (Å²) in [6, 6.07) is 4.11. The molecule has 0 fully saturated rings. The highest BCUT2D eigenvalue weighted by Crippen LogP contribution is 2.31. The minimum Gasteiger partial charge on any atom is -0.465 e. The van der Waals surface area contributed by atoms with Crippen LogP contribution in [0, 0.1) is 5.41 Å². The van der Waals surface area contributed by atoms with Gasteiger partial charge in [-0.3, -0.25) is 29.4 Å². The van der Waals surface area contributed by atoms with Crippen molar-refractivity contribution in [1.82, 2.24) is 21.1 Å². The average molecular weight is 646 g/mol. The van der Waals surface area contributed by atoms with Gasteiger partial charge in [-0.1, -0.05) is 44.5 Å². The summed E-state index contributed by atoms with van der Waals surface area (Å²) < 4.78 is 58.5. The van der Waals surface area contributed by atoms with Crippen molar-refractivity contribution >= 4 is 46.9 Å². The summed E-state index contributed by atoms with van der Waals surface area (Å²) in [4.78, 5) is 64.1. The van der Waals surface area contributed by atoms with E-state index in [1.165, 1.54) is 25.1 Å². The molecule has 2 aromatic rings. The maximum absolute atomic E-state index is 13.6. The molecule has 2 atom stereocenters. The number of nitrogens with two attached hydrogens (primary N) is 1. The number of hydrogen-bond donors (Lipinski definition) is 4. The molecule has 0 aliphatic rings. The highest BCUT2D eigenvalue weighted by Gasteiger charge is 2.37. The van der Waals surface area contributed by atoms with E-state index in [-0.39, 0.29) is 33.5 Å². The molecule has 2 rings (SSSR count). The molecular weight excluding hydrogens is 614 g/mol. The molecule has 0 saturated carbocycles. The highest BCUT2D eigenvalue weighted by atomic mass is 35.5. The Hall–Kier alpha value is -4.40. The SMILES string of the molecule is CCOC(=O)CN(NC(=O)C(NC(=O)C(NC(=O)c1ccc(N)c(Cl)c1)C(C)(C)C)c1cccc(C(F)(F)F)c1)C(=O)CF. The number of rotatable bonds is 10. The van der Waals surface area contributed by atoms with Gasteiger partial charge in [0.05, 0.1) is 22.9 Å². The van der Waals surface area contributed by atoms with E-state index in [0.717, 1.165) is 18.2 Å². The second-order valence-electron chi connectivity index (χ2n) is 10.5. The molecule has 11 nitrogen and oxygen atoms in total. The third-order valence-corrected chi connectivity index (χ3v) is 6.34. The topological polar surface area (TPSA) is 160 Å². The smallest absolute Gasteiger partial charge is 0.416 e. The lowest BCUT2D eigenvalue weighted by Gasteiger charge is -2.32. The van der Waals surface area contributed by atoms with Crippen LogP contribution in [0.4, 0.5) is 23.2 Å². The van der Waals surface area contributed by atoms with Gasteiger partial charge in [0.15, 0.2) is 6.67 Å². The van der Waals surface area contributed by atoms with Gasteiger partial charge in [-0.25, -0.2) is 9.40 Å². The molecule has 44 heavy (non-hydrogen) atoms. The number of carbonyl (C=O) groups is 5. The Kier molecular flexibility index (Phi) is 12.1. The number of nitrogen functional groups attached to an aromatic ring is 1. The summed E-state index contributed by atoms with van der Waals surface area (Å²) in [7, 11) is 0. The van der Waals surface area contributed by atoms with Crippen LogP contribution in [0.15, 0.2) is 42.5 Å². The molecule has 0 heterocycles. The zero-order valence-electron chi connectivity index (χ0n) is 24.2. The van der Waals surface area contributed by atoms with E-state index < -0.39 is 72.1 Å². The van der Waals surface area contributed by atoms with Crippen molar-refractivity contribution in [2.24, 2.45) is 5.41 Å². The van der Waals surface area contributed by atoms with Crippen molar-refractivity contribution in [2.75, 3.05) is 25.6 Å². The fourth-order valence-electron chi connectivity index (χ4n) is 3.77. The Morgan fingerprint density at radius 2 is 1.66 bits per heavy atom. The summed E-state index contributed by atoms with van der Waals surface area (Å²) in [5.41, 5.74) is 5.33. The zero-order chi connectivity index (χ0) is 33.4. The number of nitrogens with one attached hydrogen (secondary N) is 3. The van der Waals surface area contributed by atoms with Crippen LogP contribution >= 0.6 is 11.6 Å². The first-order valence-corrected chi connectivity index (χ1v) is 13.4. The predicted octanol–water partition coefficient (Wildman–Crippen LogP) is 3.34. The van der Waals surface area contributed by atoms with Crippen LogP contribution in [0.25, 0.3) is 0 Å². The molecule has 2 aromatic carbocycles. The molecule has 240 valence electrons. The molecule has 0 aliphatic carbocycles. The fourth-order valence-corrected chi connectivity index (χ4v) is 3.95. The molecule has 2 unspecified atom stereocenters. The van der Waals surface area contributed by atoms with E-state index in [1.54, 1.807) is 20.8 Å². The van der Waals surface area contributed by atoms with Crippen LogP contribution in [0.5, 0.6) is 0 Å². The monoisotopic (exact) mass is 645 g/mol. The normalized spacial score (nSPS) is 12.8. The van der Waals surface area contributed by atoms with Gasteiger partial charge >= 0.3 is 12.1 Å². The van der Waals surface area contributed by atoms with E-state index >= 15 is 0 Å². The highest BCUT2D eigenvalue weighted by molar-refractivity contribution is 6.33. The minimum absolute atomic E-state index is 0.0396. The molecule has 5 N–H and O–H groups in total. The van der Waals surface area contributed by atoms with Gasteiger partial charge in [-0.05, 0) is 48.2 Å². The number of halogens is 5. The van der Waals surface area contributed by atoms with Crippen LogP contribution in [0.3, 0.4) is 0 Å². The fraction of sp³-hybridized carbons (Fsp3) is 0.393. The number of esters is 1. The number of amides is 4. The number of benzene rings is 2. The van der Waals surface area contributed by atoms with Crippen LogP contribution in [0.1, 0.15) is 55.2 Å². The number of anilines is 1. The lowest BCUT2D eigenvalue weighted by molar-refractivity contribution is -0.154. The summed E-state index contributed by atoms with van der Waals surface area (Å²) in [6.07, 6.45) is -4.83. The van der Waals surface area contributed by atoms with Gasteiger partial charge in [0.1, 0.15) is 18.6 Å². The maximum Gasteiger partial charge on any atom is 0.416 e. The Morgan fingerprint density at radius 1 is 1.00 bits per heavy atom. The van der Waals surface area contributed by atoms with Gasteiger partial charge in [0, 0.05) is 5.56 Å². The quantitative estimate of drug-likeness (QED) is 0.133. The molecular formula is C28H32ClF4N5O6. The third kappa shape index (κ3) is 9.82. The Bertz CT molecular complexity index is 1400. The number of hydrazine groups is 1. The van der Waals surface area contributed by atoms with Crippen LogP contribution in [-0.2, 0) is 30.1 Å². The Morgan fingerprint density at radius 3 is 2.20 bits per heavy atom. The van der Waals surface area contributed by atoms with Gasteiger partial charge in [0.2, 0.25) is 5.91 Å². The van der Waals surface area contributed by atoms with Crippen molar-refractivity contribution in [3.05, 3.63) is 64.2 Å². The van der Waals surface area contributed by atoms with Crippen molar-refractivity contribution in [2.45, 2.75) is 46.0 Å². The van der Waals surface area contributed by atoms with Gasteiger partial charge in [-0.15, -0.1) is 0 Å². The molecule has 0 aromatic heterocycles. The van der Waals surface area contributed by atoms with Gasteiger partial charge in [0.25, 0.3) is 17.7 Å². The van der Waals surface area contributed by atoms with Gasteiger partial charge < -0.3 is 21.1 Å². The van der Waals surface area contributed by atoms with Crippen molar-refractivity contribution in [1.29, 1.82) is 0 Å². The molecule has 4 amide bonds. The summed E-state index contributed by atoms with van der Waals surface area (Å²) >= 11 is 6.00. The second kappa shape index (κ2) is 14.9. The number of hydrogen-bond acceptors (Lipinski definition) is 7. The summed E-state index contributed by atoms with van der Waals surface area (Å²) in [6.45, 7) is 3.51. The minimum atomic E-state index is -4.83. The van der Waals surface area contributed by atoms with Crippen molar-refractivity contribution in [3.8, 4) is 0 Å². The number of alkyl halides is 4. The third-order valence-electron chi connectivity index (χ3n) is 6.02. The maximum atomic E-state index is 13.6. The lowest BCUT2D eigenvalue weighted by Crippen LogP contribution is -2.57. The van der Waals surface area contributed by atoms with Crippen LogP contribution in [-0.4, -0.2) is 60.5 Å². The van der Waals surface area contributed by atoms with E-state index in [1.807, 2.05) is 5.43 Å². The molecule has 0 saturated heterocycles. The second-order valence-corrected chi connectivity index (χ2v) is 10.9. The van der Waals surface area contributed by atoms with Gasteiger partial charge in [-0.2, -0.15) is 13.2 Å². The van der Waals surface area contributed by atoms with E-state index in [4.69, 9.17) is 22.1 Å². The van der Waals surface area contributed by atoms with Crippen LogP contribution < -0.4 is 21.8 Å². The molecule has 0 bridgehead atoms. The molecule has 16 heteroatoms. The average Bonchev–Trinajstić information content (AvgIpc) is 2.94. The Labute approximate surface area is 255 Å². The first kappa shape index (κ1) is 35.8. The number of carbonyl (C=O) groups excluding carboxylic acids is 5. The van der Waals surface area contributed by atoms with E-state index in [9.17, 15) is 41.5 Å². The largest absolute Gasteiger partial charge is 0.465 e. The molecule has 0 aliphatic heterocycles. The molecule has 0 radical (unpaired) electrons. The number of nitrogens with zero attached hydrogens (tertiary/aromatic N) is 1. The standard InChI is InChI=1S/C28H32ClF4N5O6/c1-5-44-21(40)14-38(20(39)13-30)37-25(42)22(15-7-6-8-17(11-15)28(31,32)33)35-26(43)23(27(2,3)4)36-24(41)16-9-10-19(34)18(29)12-16/h6-12,22-23H,5,13-14,34H2,1-4H3,(H,35,43)(H,36,41)(H,37,42). The van der Waals surface area contributed by atoms with E-state index in [2.05, 4.69) is 10.6 Å². The van der Waals surface area contributed by atoms with E-state index in [0.29, 0.717) is 6.07 Å². The summed E-state index contributed by atoms with van der Waals surface area (Å²) in [5.74, 6) is -5.45. The van der Waals surface area contributed by atoms with Crippen LogP contribution in [0.2, 0.25) is 5.02 Å². The number of ether oxygens (including phenoxy) is 1. The first-order chi connectivity index (χ1) is 20.4. The van der Waals surface area contributed by atoms with Crippen molar-refractivity contribution in [3.63, 3.8) is 0 Å². The zero-order valence-corrected chi connectivity index (χ0v) is 24.9. The van der Waals surface area contributed by atoms with Crippen molar-refractivity contribution < 1.29 is 46.3 Å². The first-order valence-electron chi connectivity index (χ1n) is 13.0. The predicted molar refractivity (Wildman–Crippen MR) is 151 cm³/mol. The summed E-state index contributed by atoms with van der Waals surface area (Å²) in [5, 5.41) is 5.19. The Balaban J connectivity index is 2.49. The lowest BCUT2D eigenvalue weighted by atomic mass is 9.85. The molecule has 0 spiro atoms.